The number of carbonyl (C=O) groups is 15. The lowest BCUT2D eigenvalue weighted by Crippen LogP contribution is -2.61. The highest BCUT2D eigenvalue weighted by Gasteiger charge is 2.47. The van der Waals surface area contributed by atoms with E-state index in [2.05, 4.69) is 58.2 Å². The van der Waals surface area contributed by atoms with Crippen LogP contribution in [-0.2, 0) is 84.9 Å². The number of hydrogen-bond acceptors (Lipinski definition) is 18. The number of amides is 14. The molecule has 0 unspecified atom stereocenters. The topological polar surface area (TPSA) is 514 Å². The van der Waals surface area contributed by atoms with Crippen molar-refractivity contribution in [1.82, 2.24) is 72.8 Å². The second-order valence-corrected chi connectivity index (χ2v) is 27.7. The zero-order chi connectivity index (χ0) is 78.8. The molecule has 107 heavy (non-hydrogen) atoms. The lowest BCUT2D eigenvalue weighted by molar-refractivity contribution is -0.149. The molecule has 0 aliphatic carbocycles. The number of aliphatic imine (C=N–C) groups is 1. The molecule has 588 valence electrons. The minimum absolute atomic E-state index is 0.0175. The molecule has 15 atom stereocenters. The lowest BCUT2D eigenvalue weighted by atomic mass is 9.96. The Bertz CT molecular complexity index is 3510. The molecule has 0 saturated carbocycles. The molecule has 4 heterocycles. The summed E-state index contributed by atoms with van der Waals surface area (Å²) in [6, 6.07) is -0.396. The number of hydrogen-bond donors (Lipinski definition) is 15. The number of nitrogens with zero attached hydrogens (tertiary/aromatic N) is 5. The number of aliphatic hydroxyl groups is 2. The molecule has 0 bridgehead atoms. The second kappa shape index (κ2) is 41.5. The number of carboxylic acids is 1. The summed E-state index contributed by atoms with van der Waals surface area (Å²) in [6.07, 6.45) is -1.06. The van der Waals surface area contributed by atoms with Crippen LogP contribution in [0.3, 0.4) is 0 Å². The molecule has 2 aromatic rings. The minimum atomic E-state index is -1.85. The van der Waals surface area contributed by atoms with E-state index in [0.29, 0.717) is 36.8 Å². The SMILES string of the molecule is CC[C@@H]1NC(=O)[C@H](CCCN=C(N)N)NC(=O)CNC(=O)[C@H](CC(=O)O)NC(=O)[C@@H]2CCCN2C(=O)[C@H](Cc2ccccc2)NC(=O)[C@H](CC)NC(=O)[C@H]([C@@H](C)CC)NC(=O)[C@@H]2CCCN2C(=O)[C@@H]2CCCN2C(=O)[C@H]([C@@H](C)CC)NC(=O)[C@H](CO)NC(=O)CN(Cc2ccccc2)C(=O)[C@H]([C@H](C)O)NC1=O. The smallest absolute Gasteiger partial charge is 0.305 e. The van der Waals surface area contributed by atoms with Gasteiger partial charge in [0.25, 0.3) is 0 Å². The maximum absolute atomic E-state index is 14.9. The van der Waals surface area contributed by atoms with Crippen molar-refractivity contribution in [2.45, 2.75) is 224 Å². The van der Waals surface area contributed by atoms with Crippen LogP contribution in [0.15, 0.2) is 65.7 Å². The van der Waals surface area contributed by atoms with E-state index in [1.807, 2.05) is 0 Å². The maximum Gasteiger partial charge on any atom is 0.305 e. The van der Waals surface area contributed by atoms with Crippen molar-refractivity contribution < 1.29 is 87.2 Å². The normalized spacial score (nSPS) is 27.0. The first kappa shape index (κ1) is 85.6. The third-order valence-corrected chi connectivity index (χ3v) is 19.8. The van der Waals surface area contributed by atoms with Gasteiger partial charge in [-0.25, -0.2) is 0 Å². The summed E-state index contributed by atoms with van der Waals surface area (Å²) in [5, 5.41) is 57.4. The van der Waals surface area contributed by atoms with Crippen LogP contribution in [0.5, 0.6) is 0 Å². The first-order valence-electron chi connectivity index (χ1n) is 36.8. The van der Waals surface area contributed by atoms with E-state index in [4.69, 9.17) is 11.5 Å². The van der Waals surface area contributed by atoms with Crippen molar-refractivity contribution in [3.63, 3.8) is 0 Å². The fourth-order valence-electron chi connectivity index (χ4n) is 13.3. The van der Waals surface area contributed by atoms with Gasteiger partial charge in [-0.1, -0.05) is 115 Å². The molecule has 4 saturated heterocycles. The average molecular weight is 1500 g/mol. The molecule has 4 aliphatic heterocycles. The molecule has 2 aromatic carbocycles. The Morgan fingerprint density at radius 2 is 0.972 bits per heavy atom. The fourth-order valence-corrected chi connectivity index (χ4v) is 13.3. The first-order valence-corrected chi connectivity index (χ1v) is 36.8. The Labute approximate surface area is 621 Å². The van der Waals surface area contributed by atoms with Gasteiger partial charge in [-0.15, -0.1) is 0 Å². The summed E-state index contributed by atoms with van der Waals surface area (Å²) in [5.41, 5.74) is 12.1. The van der Waals surface area contributed by atoms with Gasteiger partial charge in [0, 0.05) is 39.1 Å². The van der Waals surface area contributed by atoms with Gasteiger partial charge < -0.3 is 99.6 Å². The van der Waals surface area contributed by atoms with Crippen LogP contribution >= 0.6 is 0 Å². The van der Waals surface area contributed by atoms with Gasteiger partial charge in [0.15, 0.2) is 5.96 Å². The van der Waals surface area contributed by atoms with E-state index in [1.165, 1.54) is 28.5 Å². The van der Waals surface area contributed by atoms with E-state index in [0.717, 1.165) is 4.90 Å². The number of benzene rings is 2. The van der Waals surface area contributed by atoms with Crippen LogP contribution in [0.2, 0.25) is 0 Å². The lowest BCUT2D eigenvalue weighted by Gasteiger charge is -2.35. The van der Waals surface area contributed by atoms with Crippen molar-refractivity contribution in [2.75, 3.05) is 45.9 Å². The van der Waals surface area contributed by atoms with E-state index < -0.39 is 205 Å². The van der Waals surface area contributed by atoms with Crippen LogP contribution in [-0.4, -0.2) is 254 Å². The highest BCUT2D eigenvalue weighted by Crippen LogP contribution is 2.28. The molecule has 4 fully saturated rings. The predicted octanol–water partition coefficient (Wildman–Crippen LogP) is -3.46. The minimum Gasteiger partial charge on any atom is -0.481 e. The molecule has 0 radical (unpaired) electrons. The van der Waals surface area contributed by atoms with Crippen LogP contribution < -0.4 is 64.6 Å². The van der Waals surface area contributed by atoms with Gasteiger partial charge >= 0.3 is 5.97 Å². The molecule has 6 rings (SSSR count). The summed E-state index contributed by atoms with van der Waals surface area (Å²) in [7, 11) is 0. The number of carboxylic acid groups (broad SMARTS) is 1. The van der Waals surface area contributed by atoms with Crippen molar-refractivity contribution in [3.8, 4) is 0 Å². The number of carbonyl (C=O) groups excluding carboxylic acids is 14. The maximum atomic E-state index is 14.9. The quantitative estimate of drug-likeness (QED) is 0.0392. The molecule has 4 aliphatic rings. The van der Waals surface area contributed by atoms with Crippen molar-refractivity contribution in [3.05, 3.63) is 71.8 Å². The van der Waals surface area contributed by atoms with Crippen LogP contribution in [0, 0.1) is 11.8 Å². The first-order chi connectivity index (χ1) is 50.9. The summed E-state index contributed by atoms with van der Waals surface area (Å²) in [5.74, 6) is -15.3. The van der Waals surface area contributed by atoms with Gasteiger partial charge in [0.2, 0.25) is 82.7 Å². The molecule has 35 heteroatoms. The van der Waals surface area contributed by atoms with Gasteiger partial charge in [0.1, 0.15) is 72.5 Å². The van der Waals surface area contributed by atoms with Crippen molar-refractivity contribution in [2.24, 2.45) is 28.3 Å². The number of guanidine groups is 1. The third-order valence-electron chi connectivity index (χ3n) is 19.8. The zero-order valence-electron chi connectivity index (χ0n) is 61.8. The largest absolute Gasteiger partial charge is 0.481 e. The number of nitrogens with two attached hydrogens (primary N) is 2. The Morgan fingerprint density at radius 1 is 0.505 bits per heavy atom. The number of fused-ring (bicyclic) bond motifs is 3. The summed E-state index contributed by atoms with van der Waals surface area (Å²) in [4.78, 5) is 223. The van der Waals surface area contributed by atoms with E-state index >= 15 is 0 Å². The molecule has 17 N–H and O–H groups in total. The molecule has 35 nitrogen and oxygen atoms in total. The fraction of sp³-hybridized carbons (Fsp3) is 0.611. The van der Waals surface area contributed by atoms with Crippen LogP contribution in [0.25, 0.3) is 0 Å². The summed E-state index contributed by atoms with van der Waals surface area (Å²) < 4.78 is 0. The number of aliphatic carboxylic acids is 1. The molecular formula is C72H107N17O18. The Balaban J connectivity index is 1.35. The predicted molar refractivity (Wildman–Crippen MR) is 387 cm³/mol. The van der Waals surface area contributed by atoms with E-state index in [-0.39, 0.29) is 96.5 Å². The van der Waals surface area contributed by atoms with Crippen molar-refractivity contribution >= 4 is 94.6 Å². The summed E-state index contributed by atoms with van der Waals surface area (Å²) in [6.45, 7) is 8.28. The van der Waals surface area contributed by atoms with Crippen LogP contribution in [0.4, 0.5) is 0 Å². The molecule has 0 aromatic heterocycles. The highest BCUT2D eigenvalue weighted by molar-refractivity contribution is 6.01. The Morgan fingerprint density at radius 3 is 1.52 bits per heavy atom. The highest BCUT2D eigenvalue weighted by atomic mass is 16.4. The monoisotopic (exact) mass is 1500 g/mol. The zero-order valence-corrected chi connectivity index (χ0v) is 61.8. The molecule has 0 spiro atoms. The Hall–Kier alpha value is -10.3. The average Bonchev–Trinajstić information content (AvgIpc) is 1.68. The number of aliphatic hydroxyl groups excluding tert-OH is 2. The van der Waals surface area contributed by atoms with Gasteiger partial charge in [-0.05, 0) is 94.1 Å². The van der Waals surface area contributed by atoms with Gasteiger partial charge in [0.05, 0.1) is 32.2 Å². The second-order valence-electron chi connectivity index (χ2n) is 27.7. The number of nitrogens with one attached hydrogen (secondary N) is 10. The molecule has 14 amide bonds. The van der Waals surface area contributed by atoms with Gasteiger partial charge in [-0.3, -0.25) is 76.9 Å². The Kier molecular flexibility index (Phi) is 33.2. The van der Waals surface area contributed by atoms with E-state index in [1.54, 1.807) is 95.3 Å². The standard InChI is InChI=1S/C72H107N17O18/c1-8-40(5)57-67(103)80-45(10-3)61(97)82-49(34-43-22-14-12-15-23-43)68(104)87-31-19-27-51(87)65(101)81-48(35-56(94)95)60(96)76-36-54(92)77-47(26-18-30-75-72(73)74)63(99)79-46(11-4)62(98)85-59(42(7)91)70(106)86(37-44-24-16-13-17-25-44)38-55(93)78-50(39-90)64(100)84-58(41(6)9-2)71(107)89-33-21-29-53(89)69(105)88-32-20-28-52(88)66(102)83-57/h12-17,22-25,40-42,45-53,57-59,90-91H,8-11,18-21,26-39H2,1-7H3,(H,76,96)(H,77,92)(H,78,93)(H,79,99)(H,80,103)(H,81,101)(H,82,97)(H,83,102)(H,84,100)(H,85,98)(H,94,95)(H4,73,74,75)/t40-,41-,42-,45-,46-,47-,48-,49-,50-,51-,52-,53-,57-,58-,59-/m0/s1. The molecular weight excluding hydrogens is 1390 g/mol. The van der Waals surface area contributed by atoms with E-state index in [9.17, 15) is 87.2 Å². The van der Waals surface area contributed by atoms with Crippen molar-refractivity contribution in [1.29, 1.82) is 0 Å². The van der Waals surface area contributed by atoms with Gasteiger partial charge in [-0.2, -0.15) is 0 Å². The number of rotatable bonds is 18. The third kappa shape index (κ3) is 24.4. The van der Waals surface area contributed by atoms with Crippen LogP contribution in [0.1, 0.15) is 143 Å². The summed E-state index contributed by atoms with van der Waals surface area (Å²) >= 11 is 0.